The molecule has 0 saturated carbocycles. The summed E-state index contributed by atoms with van der Waals surface area (Å²) in [6, 6.07) is 3.50. The highest BCUT2D eigenvalue weighted by Gasteiger charge is 2.17. The molecule has 0 radical (unpaired) electrons. The number of halogens is 1. The van der Waals surface area contributed by atoms with Crippen LogP contribution in [0, 0.1) is 0 Å². The van der Waals surface area contributed by atoms with Crippen molar-refractivity contribution in [1.29, 1.82) is 0 Å². The van der Waals surface area contributed by atoms with Gasteiger partial charge in [0.25, 0.3) is 0 Å². The van der Waals surface area contributed by atoms with Crippen molar-refractivity contribution in [2.45, 2.75) is 0 Å². The second-order valence-electron chi connectivity index (χ2n) is 2.54. The van der Waals surface area contributed by atoms with Crippen molar-refractivity contribution < 1.29 is 9.53 Å². The summed E-state index contributed by atoms with van der Waals surface area (Å²) in [5.41, 5.74) is 0.825. The molecule has 0 spiro atoms. The molecule has 0 aliphatic rings. The molecule has 0 aliphatic heterocycles. The van der Waals surface area contributed by atoms with Crippen molar-refractivity contribution in [3.8, 4) is 0 Å². The van der Waals surface area contributed by atoms with Crippen molar-refractivity contribution in [3.63, 3.8) is 0 Å². The molecule has 0 unspecified atom stereocenters. The summed E-state index contributed by atoms with van der Waals surface area (Å²) in [7, 11) is 1.31. The summed E-state index contributed by atoms with van der Waals surface area (Å²) in [5.74, 6) is -0.484. The second kappa shape index (κ2) is 3.38. The number of nitrogens with zero attached hydrogens (tertiary/aromatic N) is 3. The summed E-state index contributed by atoms with van der Waals surface area (Å²) in [5, 5.41) is 4.02. The first-order valence-electron chi connectivity index (χ1n) is 3.81. The Bertz CT molecular complexity index is 494. The maximum atomic E-state index is 11.2. The quantitative estimate of drug-likeness (QED) is 0.721. The largest absolute Gasteiger partial charge is 0.464 e. The lowest BCUT2D eigenvalue weighted by Gasteiger charge is -1.93. The Balaban J connectivity index is 2.68. The Kier molecular flexibility index (Phi) is 2.20. The topological polar surface area (TPSA) is 56.5 Å². The van der Waals surface area contributed by atoms with Gasteiger partial charge in [-0.15, -0.1) is 0 Å². The summed E-state index contributed by atoms with van der Waals surface area (Å²) in [6.07, 6.45) is 1.61. The molecule has 2 aromatic heterocycles. The fraction of sp³-hybridized carbons (Fsp3) is 0.125. The molecule has 2 aromatic rings. The molecule has 72 valence electrons. The zero-order valence-corrected chi connectivity index (χ0v) is 8.85. The molecule has 0 aromatic carbocycles. The fourth-order valence-corrected chi connectivity index (χ4v) is 1.61. The van der Waals surface area contributed by atoms with Crippen molar-refractivity contribution in [1.82, 2.24) is 14.6 Å². The van der Waals surface area contributed by atoms with Crippen LogP contribution in [0.3, 0.4) is 0 Å². The molecular weight excluding hydrogens is 250 g/mol. The average Bonchev–Trinajstić information content (AvgIpc) is 2.56. The van der Waals surface area contributed by atoms with Crippen LogP contribution in [0.5, 0.6) is 0 Å². The monoisotopic (exact) mass is 255 g/mol. The van der Waals surface area contributed by atoms with Gasteiger partial charge >= 0.3 is 5.97 Å². The van der Waals surface area contributed by atoms with Gasteiger partial charge < -0.3 is 4.74 Å². The van der Waals surface area contributed by atoms with Gasteiger partial charge in [0.1, 0.15) is 4.60 Å². The molecule has 0 fully saturated rings. The third-order valence-electron chi connectivity index (χ3n) is 1.72. The Morgan fingerprint density at radius 1 is 1.64 bits per heavy atom. The van der Waals surface area contributed by atoms with E-state index in [-0.39, 0.29) is 5.69 Å². The van der Waals surface area contributed by atoms with E-state index in [0.29, 0.717) is 10.3 Å². The number of rotatable bonds is 1. The van der Waals surface area contributed by atoms with Gasteiger partial charge in [-0.25, -0.2) is 14.3 Å². The molecule has 14 heavy (non-hydrogen) atoms. The Hall–Kier alpha value is -1.43. The highest BCUT2D eigenvalue weighted by molar-refractivity contribution is 9.10. The Morgan fingerprint density at radius 3 is 3.07 bits per heavy atom. The maximum absolute atomic E-state index is 11.2. The van der Waals surface area contributed by atoms with Crippen LogP contribution in [0.25, 0.3) is 5.65 Å². The zero-order chi connectivity index (χ0) is 10.1. The second-order valence-corrected chi connectivity index (χ2v) is 3.29. The van der Waals surface area contributed by atoms with E-state index in [4.69, 9.17) is 0 Å². The lowest BCUT2D eigenvalue weighted by Crippen LogP contribution is -2.02. The number of methoxy groups -OCH3 is 1. The highest BCUT2D eigenvalue weighted by atomic mass is 79.9. The standard InChI is InChI=1S/C8H6BrN3O2/c1-14-8(13)6-7(9)12-5(11-6)3-2-4-10-12/h2-4H,1H3. The van der Waals surface area contributed by atoms with E-state index >= 15 is 0 Å². The van der Waals surface area contributed by atoms with Crippen molar-refractivity contribution in [3.05, 3.63) is 28.6 Å². The van der Waals surface area contributed by atoms with E-state index in [1.807, 2.05) is 0 Å². The zero-order valence-electron chi connectivity index (χ0n) is 7.27. The van der Waals surface area contributed by atoms with Gasteiger partial charge in [-0.3, -0.25) is 0 Å². The Morgan fingerprint density at radius 2 is 2.43 bits per heavy atom. The minimum atomic E-state index is -0.484. The Labute approximate surface area is 87.8 Å². The van der Waals surface area contributed by atoms with Crippen LogP contribution in [0.2, 0.25) is 0 Å². The number of hydrogen-bond acceptors (Lipinski definition) is 4. The van der Waals surface area contributed by atoms with E-state index in [1.165, 1.54) is 11.6 Å². The van der Waals surface area contributed by atoms with Gasteiger partial charge in [-0.05, 0) is 28.1 Å². The van der Waals surface area contributed by atoms with Crippen LogP contribution in [0.15, 0.2) is 22.9 Å². The summed E-state index contributed by atoms with van der Waals surface area (Å²) < 4.78 is 6.59. The minimum Gasteiger partial charge on any atom is -0.464 e. The number of ether oxygens (including phenoxy) is 1. The average molecular weight is 256 g/mol. The van der Waals surface area contributed by atoms with Crippen LogP contribution in [-0.2, 0) is 4.74 Å². The molecule has 0 bridgehead atoms. The first-order valence-corrected chi connectivity index (χ1v) is 4.61. The summed E-state index contributed by atoms with van der Waals surface area (Å²) in [6.45, 7) is 0. The van der Waals surface area contributed by atoms with Gasteiger partial charge in [-0.1, -0.05) is 0 Å². The van der Waals surface area contributed by atoms with Gasteiger partial charge in [0.05, 0.1) is 7.11 Å². The third kappa shape index (κ3) is 1.27. The normalized spacial score (nSPS) is 10.4. The van der Waals surface area contributed by atoms with Crippen LogP contribution in [0.1, 0.15) is 10.5 Å². The smallest absolute Gasteiger partial charge is 0.359 e. The predicted molar refractivity (Wildman–Crippen MR) is 52.0 cm³/mol. The molecule has 0 atom stereocenters. The number of esters is 1. The van der Waals surface area contributed by atoms with E-state index in [0.717, 1.165) is 0 Å². The van der Waals surface area contributed by atoms with Gasteiger partial charge in [-0.2, -0.15) is 5.10 Å². The molecule has 0 N–H and O–H groups in total. The number of fused-ring (bicyclic) bond motifs is 1. The van der Waals surface area contributed by atoms with Gasteiger partial charge in [0.2, 0.25) is 0 Å². The van der Waals surface area contributed by atoms with Gasteiger partial charge in [0.15, 0.2) is 11.3 Å². The highest BCUT2D eigenvalue weighted by Crippen LogP contribution is 2.17. The molecule has 0 aliphatic carbocycles. The van der Waals surface area contributed by atoms with E-state index in [1.54, 1.807) is 18.3 Å². The lowest BCUT2D eigenvalue weighted by molar-refractivity contribution is 0.0593. The summed E-state index contributed by atoms with van der Waals surface area (Å²) >= 11 is 3.23. The van der Waals surface area contributed by atoms with Crippen molar-refractivity contribution >= 4 is 27.5 Å². The lowest BCUT2D eigenvalue weighted by atomic mass is 10.5. The number of hydrogen-bond donors (Lipinski definition) is 0. The fourth-order valence-electron chi connectivity index (χ4n) is 1.09. The molecule has 5 nitrogen and oxygen atoms in total. The third-order valence-corrected chi connectivity index (χ3v) is 2.43. The number of carbonyl (C=O) groups excluding carboxylic acids is 1. The van der Waals surface area contributed by atoms with Crippen LogP contribution >= 0.6 is 15.9 Å². The van der Waals surface area contributed by atoms with Gasteiger partial charge in [0, 0.05) is 6.20 Å². The minimum absolute atomic E-state index is 0.228. The SMILES string of the molecule is COC(=O)c1nc2cccnn2c1Br. The van der Waals surface area contributed by atoms with Crippen LogP contribution in [-0.4, -0.2) is 27.7 Å². The first kappa shape index (κ1) is 9.14. The molecular formula is C8H6BrN3O2. The van der Waals surface area contributed by atoms with E-state index < -0.39 is 5.97 Å². The van der Waals surface area contributed by atoms with E-state index in [2.05, 4.69) is 30.7 Å². The number of aromatic nitrogens is 3. The van der Waals surface area contributed by atoms with Crippen LogP contribution < -0.4 is 0 Å². The van der Waals surface area contributed by atoms with Crippen LogP contribution in [0.4, 0.5) is 0 Å². The predicted octanol–water partition coefficient (Wildman–Crippen LogP) is 1.28. The molecule has 0 saturated heterocycles. The van der Waals surface area contributed by atoms with E-state index in [9.17, 15) is 4.79 Å². The summed E-state index contributed by atoms with van der Waals surface area (Å²) in [4.78, 5) is 15.3. The van der Waals surface area contributed by atoms with Crippen molar-refractivity contribution in [2.75, 3.05) is 7.11 Å². The molecule has 6 heteroatoms. The molecule has 2 heterocycles. The first-order chi connectivity index (χ1) is 6.74. The molecule has 0 amide bonds. The van der Waals surface area contributed by atoms with Crippen molar-refractivity contribution in [2.24, 2.45) is 0 Å². The number of imidazole rings is 1. The molecule has 2 rings (SSSR count). The number of carbonyl (C=O) groups is 1. The maximum Gasteiger partial charge on any atom is 0.359 e.